The van der Waals surface area contributed by atoms with Crippen LogP contribution in [-0.2, 0) is 4.79 Å². The van der Waals surface area contributed by atoms with Crippen molar-refractivity contribution in [3.05, 3.63) is 54.1 Å². The van der Waals surface area contributed by atoms with E-state index in [1.165, 1.54) is 11.8 Å². The molecule has 1 unspecified atom stereocenters. The van der Waals surface area contributed by atoms with E-state index in [-0.39, 0.29) is 17.1 Å². The second-order valence-electron chi connectivity index (χ2n) is 5.73. The van der Waals surface area contributed by atoms with Gasteiger partial charge in [0.15, 0.2) is 0 Å². The average Bonchev–Trinajstić information content (AvgIpc) is 2.63. The zero-order valence-electron chi connectivity index (χ0n) is 14.0. The third kappa shape index (κ3) is 4.54. The highest BCUT2D eigenvalue weighted by Crippen LogP contribution is 2.35. The predicted octanol–water partition coefficient (Wildman–Crippen LogP) is 3.32. The third-order valence-electron chi connectivity index (χ3n) is 3.79. The number of benzene rings is 2. The maximum atomic E-state index is 12.2. The summed E-state index contributed by atoms with van der Waals surface area (Å²) in [5, 5.41) is 5.60. The Balaban J connectivity index is 1.47. The normalized spacial score (nSPS) is 15.9. The van der Waals surface area contributed by atoms with Crippen LogP contribution >= 0.6 is 11.8 Å². The lowest BCUT2D eigenvalue weighted by Crippen LogP contribution is -2.28. The van der Waals surface area contributed by atoms with Crippen LogP contribution in [-0.4, -0.2) is 30.2 Å². The van der Waals surface area contributed by atoms with E-state index in [0.717, 1.165) is 17.1 Å². The van der Waals surface area contributed by atoms with Gasteiger partial charge in [0.25, 0.3) is 5.91 Å². The van der Waals surface area contributed by atoms with Gasteiger partial charge in [0.05, 0.1) is 17.5 Å². The van der Waals surface area contributed by atoms with Crippen LogP contribution in [0.25, 0.3) is 0 Å². The smallest absolute Gasteiger partial charge is 0.251 e. The molecule has 1 atom stereocenters. The van der Waals surface area contributed by atoms with Gasteiger partial charge in [-0.2, -0.15) is 0 Å². The Bertz CT molecular complexity index is 765. The lowest BCUT2D eigenvalue weighted by atomic mass is 10.1. The first-order valence-electron chi connectivity index (χ1n) is 8.21. The molecule has 2 amide bonds. The van der Waals surface area contributed by atoms with Crippen LogP contribution in [0.4, 0.5) is 5.69 Å². The van der Waals surface area contributed by atoms with Gasteiger partial charge < -0.3 is 15.4 Å². The summed E-state index contributed by atoms with van der Waals surface area (Å²) in [6.45, 7) is 2.93. The van der Waals surface area contributed by atoms with Gasteiger partial charge in [-0.1, -0.05) is 18.2 Å². The largest absolute Gasteiger partial charge is 0.494 e. The van der Waals surface area contributed by atoms with Crippen molar-refractivity contribution in [2.45, 2.75) is 23.5 Å². The van der Waals surface area contributed by atoms with Gasteiger partial charge in [-0.25, -0.2) is 0 Å². The highest BCUT2D eigenvalue weighted by atomic mass is 32.2. The van der Waals surface area contributed by atoms with Crippen molar-refractivity contribution >= 4 is 29.3 Å². The molecule has 2 aromatic carbocycles. The standard InChI is InChI=1S/C19H20N2O3S/c1-13-18(22)21-16-12-14(8-9-17(16)25-13)19(23)20-10-5-11-24-15-6-3-2-4-7-15/h2-4,6-9,12-13H,5,10-11H2,1H3,(H,20,23)(H,21,22). The Labute approximate surface area is 151 Å². The molecule has 0 radical (unpaired) electrons. The molecule has 0 spiro atoms. The molecular weight excluding hydrogens is 336 g/mol. The number of hydrogen-bond acceptors (Lipinski definition) is 4. The summed E-state index contributed by atoms with van der Waals surface area (Å²) in [7, 11) is 0. The quantitative estimate of drug-likeness (QED) is 0.779. The lowest BCUT2D eigenvalue weighted by Gasteiger charge is -2.21. The maximum Gasteiger partial charge on any atom is 0.251 e. The Morgan fingerprint density at radius 2 is 2.04 bits per heavy atom. The number of hydrogen-bond donors (Lipinski definition) is 2. The highest BCUT2D eigenvalue weighted by Gasteiger charge is 2.23. The van der Waals surface area contributed by atoms with Gasteiger partial charge in [-0.3, -0.25) is 9.59 Å². The van der Waals surface area contributed by atoms with Crippen LogP contribution in [0.2, 0.25) is 0 Å². The van der Waals surface area contributed by atoms with E-state index in [9.17, 15) is 9.59 Å². The van der Waals surface area contributed by atoms with Crippen LogP contribution in [0.5, 0.6) is 5.75 Å². The molecule has 0 fully saturated rings. The van der Waals surface area contributed by atoms with E-state index in [1.807, 2.05) is 43.3 Å². The minimum Gasteiger partial charge on any atom is -0.494 e. The number of carbonyl (C=O) groups is 2. The zero-order valence-corrected chi connectivity index (χ0v) is 14.8. The molecule has 5 nitrogen and oxygen atoms in total. The summed E-state index contributed by atoms with van der Waals surface area (Å²) >= 11 is 1.50. The fourth-order valence-corrected chi connectivity index (χ4v) is 3.36. The summed E-state index contributed by atoms with van der Waals surface area (Å²) in [6, 6.07) is 15.0. The molecule has 25 heavy (non-hydrogen) atoms. The van der Waals surface area contributed by atoms with Crippen LogP contribution < -0.4 is 15.4 Å². The summed E-state index contributed by atoms with van der Waals surface area (Å²) < 4.78 is 5.59. The first-order valence-corrected chi connectivity index (χ1v) is 9.09. The van der Waals surface area contributed by atoms with Gasteiger partial charge in [0.1, 0.15) is 5.75 Å². The van der Waals surface area contributed by atoms with Crippen molar-refractivity contribution < 1.29 is 14.3 Å². The molecule has 0 bridgehead atoms. The van der Waals surface area contributed by atoms with E-state index in [4.69, 9.17) is 4.74 Å². The van der Waals surface area contributed by atoms with Crippen LogP contribution in [0.1, 0.15) is 23.7 Å². The maximum absolute atomic E-state index is 12.2. The van der Waals surface area contributed by atoms with Gasteiger partial charge in [0, 0.05) is 17.0 Å². The van der Waals surface area contributed by atoms with Crippen molar-refractivity contribution in [2.24, 2.45) is 0 Å². The number of nitrogens with one attached hydrogen (secondary N) is 2. The van der Waals surface area contributed by atoms with Crippen molar-refractivity contribution in [3.8, 4) is 5.75 Å². The van der Waals surface area contributed by atoms with E-state index < -0.39 is 0 Å². The topological polar surface area (TPSA) is 67.4 Å². The Kier molecular flexibility index (Phi) is 5.60. The molecule has 130 valence electrons. The molecule has 0 saturated heterocycles. The van der Waals surface area contributed by atoms with E-state index in [0.29, 0.717) is 24.4 Å². The molecule has 3 rings (SSSR count). The predicted molar refractivity (Wildman–Crippen MR) is 99.3 cm³/mol. The minimum absolute atomic E-state index is 0.0341. The van der Waals surface area contributed by atoms with Gasteiger partial charge >= 0.3 is 0 Å². The third-order valence-corrected chi connectivity index (χ3v) is 4.97. The number of thioether (sulfide) groups is 1. The molecule has 0 aromatic heterocycles. The lowest BCUT2D eigenvalue weighted by molar-refractivity contribution is -0.115. The number of fused-ring (bicyclic) bond motifs is 1. The Morgan fingerprint density at radius 3 is 2.84 bits per heavy atom. The average molecular weight is 356 g/mol. The first kappa shape index (κ1) is 17.4. The summed E-state index contributed by atoms with van der Waals surface area (Å²) in [5.41, 5.74) is 1.24. The molecule has 6 heteroatoms. The fraction of sp³-hybridized carbons (Fsp3) is 0.263. The molecule has 0 saturated carbocycles. The summed E-state index contributed by atoms with van der Waals surface area (Å²) in [5.74, 6) is 0.638. The van der Waals surface area contributed by atoms with Gasteiger partial charge in [-0.05, 0) is 43.7 Å². The van der Waals surface area contributed by atoms with E-state index in [2.05, 4.69) is 10.6 Å². The molecule has 0 aliphatic carbocycles. The van der Waals surface area contributed by atoms with Crippen molar-refractivity contribution in [3.63, 3.8) is 0 Å². The summed E-state index contributed by atoms with van der Waals surface area (Å²) in [4.78, 5) is 25.0. The number of anilines is 1. The van der Waals surface area contributed by atoms with Crippen molar-refractivity contribution in [1.82, 2.24) is 5.32 Å². The Morgan fingerprint density at radius 1 is 1.24 bits per heavy atom. The van der Waals surface area contributed by atoms with Gasteiger partial charge in [0.2, 0.25) is 5.91 Å². The Hall–Kier alpha value is -2.47. The fourth-order valence-electron chi connectivity index (χ4n) is 2.43. The first-order chi connectivity index (χ1) is 12.1. The van der Waals surface area contributed by atoms with E-state index in [1.54, 1.807) is 12.1 Å². The molecule has 2 N–H and O–H groups in total. The molecule has 2 aromatic rings. The minimum atomic E-state index is -0.152. The summed E-state index contributed by atoms with van der Waals surface area (Å²) in [6.07, 6.45) is 0.718. The number of rotatable bonds is 6. The van der Waals surface area contributed by atoms with Gasteiger partial charge in [-0.15, -0.1) is 11.8 Å². The number of ether oxygens (including phenoxy) is 1. The molecule has 1 aliphatic rings. The molecule has 1 heterocycles. The molecular formula is C19H20N2O3S. The number of para-hydroxylation sites is 1. The highest BCUT2D eigenvalue weighted by molar-refractivity contribution is 8.00. The van der Waals surface area contributed by atoms with Crippen LogP contribution in [0.3, 0.4) is 0 Å². The van der Waals surface area contributed by atoms with Crippen molar-refractivity contribution in [1.29, 1.82) is 0 Å². The van der Waals surface area contributed by atoms with Crippen molar-refractivity contribution in [2.75, 3.05) is 18.5 Å². The molecule has 1 aliphatic heterocycles. The number of carbonyl (C=O) groups excluding carboxylic acids is 2. The second-order valence-corrected chi connectivity index (χ2v) is 7.11. The SMILES string of the molecule is CC1Sc2ccc(C(=O)NCCCOc3ccccc3)cc2NC1=O. The zero-order chi connectivity index (χ0) is 17.6. The van der Waals surface area contributed by atoms with Crippen LogP contribution in [0.15, 0.2) is 53.4 Å². The second kappa shape index (κ2) is 8.07. The monoisotopic (exact) mass is 356 g/mol. The number of amides is 2. The van der Waals surface area contributed by atoms with E-state index >= 15 is 0 Å². The van der Waals surface area contributed by atoms with Crippen LogP contribution in [0, 0.1) is 0 Å².